The van der Waals surface area contributed by atoms with E-state index < -0.39 is 0 Å². The van der Waals surface area contributed by atoms with Gasteiger partial charge in [0, 0.05) is 5.56 Å². The van der Waals surface area contributed by atoms with Gasteiger partial charge in [-0.25, -0.2) is 14.1 Å². The fraction of sp³-hybridized carbons (Fsp3) is 0.190. The average molecular weight is 379 g/mol. The third kappa shape index (κ3) is 3.28. The molecular formula is C21H18FN3OS. The number of nitrogens with zero attached hydrogens (tertiary/aromatic N) is 3. The predicted molar refractivity (Wildman–Crippen MR) is 107 cm³/mol. The maximum absolute atomic E-state index is 13.2. The first kappa shape index (κ1) is 17.5. The first-order chi connectivity index (χ1) is 12.9. The zero-order valence-electron chi connectivity index (χ0n) is 15.3. The number of aryl methyl sites for hydroxylation is 3. The largest absolute Gasteiger partial charge is 0.294 e. The van der Waals surface area contributed by atoms with Crippen LogP contribution in [0.4, 0.5) is 4.39 Å². The number of hydrogen-bond donors (Lipinski definition) is 0. The summed E-state index contributed by atoms with van der Waals surface area (Å²) in [4.78, 5) is 17.4. The molecule has 6 heteroatoms. The van der Waals surface area contributed by atoms with Crippen molar-refractivity contribution >= 4 is 21.6 Å². The summed E-state index contributed by atoms with van der Waals surface area (Å²) in [5.41, 5.74) is 5.03. The molecule has 0 saturated heterocycles. The Kier molecular flexibility index (Phi) is 4.36. The number of aromatic nitrogens is 3. The summed E-state index contributed by atoms with van der Waals surface area (Å²) in [6, 6.07) is 12.3. The second-order valence-electron chi connectivity index (χ2n) is 6.67. The predicted octanol–water partition coefficient (Wildman–Crippen LogP) is 4.63. The van der Waals surface area contributed by atoms with E-state index in [1.807, 2.05) is 32.9 Å². The Bertz CT molecular complexity index is 1210. The first-order valence-electron chi connectivity index (χ1n) is 8.62. The highest BCUT2D eigenvalue weighted by Crippen LogP contribution is 2.31. The normalized spacial score (nSPS) is 11.3. The van der Waals surface area contributed by atoms with Crippen molar-refractivity contribution in [3.05, 3.63) is 80.3 Å². The molecule has 4 rings (SSSR count). The standard InChI is InChI=1S/C21H18FN3OS/c1-12-4-9-17(13(2)10-12)18-20-19(23-14(3)27-20)21(26)25(24-18)11-15-5-7-16(22)8-6-15/h4-10H,11H2,1-3H3. The van der Waals surface area contributed by atoms with E-state index in [0.29, 0.717) is 5.52 Å². The van der Waals surface area contributed by atoms with Crippen molar-refractivity contribution < 1.29 is 4.39 Å². The SMILES string of the molecule is Cc1ccc(-c2nn(Cc3ccc(F)cc3)c(=O)c3nc(C)sc23)c(C)c1. The summed E-state index contributed by atoms with van der Waals surface area (Å²) in [5, 5.41) is 5.50. The first-order valence-corrected chi connectivity index (χ1v) is 9.44. The molecule has 0 saturated carbocycles. The molecule has 136 valence electrons. The Morgan fingerprint density at radius 1 is 1.07 bits per heavy atom. The van der Waals surface area contributed by atoms with E-state index in [0.717, 1.165) is 32.1 Å². The van der Waals surface area contributed by atoms with Gasteiger partial charge in [-0.3, -0.25) is 4.79 Å². The molecule has 2 aromatic carbocycles. The van der Waals surface area contributed by atoms with E-state index in [4.69, 9.17) is 0 Å². The second-order valence-corrected chi connectivity index (χ2v) is 7.87. The molecule has 0 atom stereocenters. The molecule has 0 aliphatic heterocycles. The topological polar surface area (TPSA) is 47.8 Å². The Morgan fingerprint density at radius 2 is 1.81 bits per heavy atom. The van der Waals surface area contributed by atoms with Crippen molar-refractivity contribution in [3.8, 4) is 11.3 Å². The van der Waals surface area contributed by atoms with Gasteiger partial charge in [-0.05, 0) is 44.0 Å². The number of halogens is 1. The molecule has 0 aliphatic carbocycles. The number of thiazole rings is 1. The Hall–Kier alpha value is -2.86. The lowest BCUT2D eigenvalue weighted by Gasteiger charge is -2.11. The smallest absolute Gasteiger partial charge is 0.265 e. The monoisotopic (exact) mass is 379 g/mol. The van der Waals surface area contributed by atoms with Gasteiger partial charge in [0.2, 0.25) is 0 Å². The lowest BCUT2D eigenvalue weighted by molar-refractivity contribution is 0.621. The van der Waals surface area contributed by atoms with Gasteiger partial charge < -0.3 is 0 Å². The van der Waals surface area contributed by atoms with Crippen molar-refractivity contribution in [3.63, 3.8) is 0 Å². The van der Waals surface area contributed by atoms with Crippen LogP contribution in [0.2, 0.25) is 0 Å². The number of hydrogen-bond acceptors (Lipinski definition) is 4. The number of benzene rings is 2. The van der Waals surface area contributed by atoms with Crippen LogP contribution < -0.4 is 5.56 Å². The van der Waals surface area contributed by atoms with Crippen LogP contribution >= 0.6 is 11.3 Å². The van der Waals surface area contributed by atoms with Gasteiger partial charge in [-0.2, -0.15) is 5.10 Å². The third-order valence-corrected chi connectivity index (χ3v) is 5.47. The van der Waals surface area contributed by atoms with Crippen LogP contribution in [0.1, 0.15) is 21.7 Å². The third-order valence-electron chi connectivity index (χ3n) is 4.49. The molecule has 0 fully saturated rings. The van der Waals surface area contributed by atoms with E-state index in [2.05, 4.69) is 16.1 Å². The van der Waals surface area contributed by atoms with E-state index in [9.17, 15) is 9.18 Å². The van der Waals surface area contributed by atoms with Crippen LogP contribution in [-0.4, -0.2) is 14.8 Å². The van der Waals surface area contributed by atoms with Crippen molar-refractivity contribution in [1.82, 2.24) is 14.8 Å². The molecule has 0 radical (unpaired) electrons. The maximum Gasteiger partial charge on any atom is 0.294 e. The van der Waals surface area contributed by atoms with Crippen LogP contribution in [0.15, 0.2) is 47.3 Å². The Balaban J connectivity index is 1.94. The van der Waals surface area contributed by atoms with Gasteiger partial charge in [0.1, 0.15) is 11.5 Å². The van der Waals surface area contributed by atoms with Crippen molar-refractivity contribution in [2.75, 3.05) is 0 Å². The number of rotatable bonds is 3. The van der Waals surface area contributed by atoms with Gasteiger partial charge >= 0.3 is 0 Å². The number of fused-ring (bicyclic) bond motifs is 1. The molecule has 4 aromatic rings. The molecule has 4 nitrogen and oxygen atoms in total. The highest BCUT2D eigenvalue weighted by atomic mass is 32.1. The minimum absolute atomic E-state index is 0.229. The molecule has 0 amide bonds. The zero-order valence-corrected chi connectivity index (χ0v) is 16.1. The van der Waals surface area contributed by atoms with E-state index in [1.54, 1.807) is 12.1 Å². The van der Waals surface area contributed by atoms with Gasteiger partial charge in [-0.15, -0.1) is 11.3 Å². The van der Waals surface area contributed by atoms with Crippen LogP contribution in [0.3, 0.4) is 0 Å². The van der Waals surface area contributed by atoms with E-state index >= 15 is 0 Å². The zero-order chi connectivity index (χ0) is 19.1. The molecule has 0 unspecified atom stereocenters. The lowest BCUT2D eigenvalue weighted by Crippen LogP contribution is -2.24. The van der Waals surface area contributed by atoms with Crippen molar-refractivity contribution in [2.24, 2.45) is 0 Å². The van der Waals surface area contributed by atoms with E-state index in [1.165, 1.54) is 33.7 Å². The van der Waals surface area contributed by atoms with Crippen LogP contribution in [-0.2, 0) is 6.54 Å². The fourth-order valence-corrected chi connectivity index (χ4v) is 4.10. The van der Waals surface area contributed by atoms with Gasteiger partial charge in [0.15, 0.2) is 5.52 Å². The fourth-order valence-electron chi connectivity index (χ4n) is 3.19. The molecule has 2 heterocycles. The van der Waals surface area contributed by atoms with E-state index in [-0.39, 0.29) is 17.9 Å². The van der Waals surface area contributed by atoms with Gasteiger partial charge in [0.05, 0.1) is 16.3 Å². The lowest BCUT2D eigenvalue weighted by atomic mass is 10.0. The second kappa shape index (κ2) is 6.70. The Labute approximate surface area is 159 Å². The minimum Gasteiger partial charge on any atom is -0.265 e. The Morgan fingerprint density at radius 3 is 2.52 bits per heavy atom. The molecule has 27 heavy (non-hydrogen) atoms. The summed E-state index contributed by atoms with van der Waals surface area (Å²) in [5.74, 6) is -0.305. The summed E-state index contributed by atoms with van der Waals surface area (Å²) < 4.78 is 15.4. The molecule has 0 N–H and O–H groups in total. The summed E-state index contributed by atoms with van der Waals surface area (Å²) in [7, 11) is 0. The highest BCUT2D eigenvalue weighted by Gasteiger charge is 2.17. The van der Waals surface area contributed by atoms with Gasteiger partial charge in [-0.1, -0.05) is 35.9 Å². The maximum atomic E-state index is 13.2. The summed E-state index contributed by atoms with van der Waals surface area (Å²) >= 11 is 1.48. The quantitative estimate of drug-likeness (QED) is 0.521. The van der Waals surface area contributed by atoms with Gasteiger partial charge in [0.25, 0.3) is 5.56 Å². The summed E-state index contributed by atoms with van der Waals surface area (Å²) in [6.45, 7) is 6.25. The van der Waals surface area contributed by atoms with Crippen molar-refractivity contribution in [2.45, 2.75) is 27.3 Å². The van der Waals surface area contributed by atoms with Crippen LogP contribution in [0.25, 0.3) is 21.5 Å². The molecule has 2 aromatic heterocycles. The summed E-state index contributed by atoms with van der Waals surface area (Å²) in [6.07, 6.45) is 0. The minimum atomic E-state index is -0.305. The molecular weight excluding hydrogens is 361 g/mol. The molecule has 0 aliphatic rings. The van der Waals surface area contributed by atoms with Crippen LogP contribution in [0.5, 0.6) is 0 Å². The molecule has 0 bridgehead atoms. The average Bonchev–Trinajstić information content (AvgIpc) is 3.02. The molecule has 0 spiro atoms. The van der Waals surface area contributed by atoms with Crippen molar-refractivity contribution in [1.29, 1.82) is 0 Å². The van der Waals surface area contributed by atoms with Crippen LogP contribution in [0, 0.1) is 26.6 Å². The highest BCUT2D eigenvalue weighted by molar-refractivity contribution is 7.19.